The number of rotatable bonds is 24. The van der Waals surface area contributed by atoms with Gasteiger partial charge in [0.15, 0.2) is 0 Å². The van der Waals surface area contributed by atoms with Crippen molar-refractivity contribution in [1.29, 1.82) is 0 Å². The molecule has 0 spiro atoms. The maximum absolute atomic E-state index is 10.8. The third-order valence-electron chi connectivity index (χ3n) is 3.11. The average molecular weight is 424 g/mol. The Bertz CT molecular complexity index is 354. The molecule has 0 saturated carbocycles. The van der Waals surface area contributed by atoms with Gasteiger partial charge in [-0.3, -0.25) is 0 Å². The minimum Gasteiger partial charge on any atom is -0.460 e. The molecule has 1 N–H and O–H groups in total. The summed E-state index contributed by atoms with van der Waals surface area (Å²) in [5, 5.41) is 8.52. The number of esters is 1. The molecule has 29 heavy (non-hydrogen) atoms. The zero-order valence-electron chi connectivity index (χ0n) is 17.2. The van der Waals surface area contributed by atoms with E-state index in [1.807, 2.05) is 0 Å². The fraction of sp³-hybridized carbons (Fsp3) is 0.842. The molecule has 0 aromatic heterocycles. The van der Waals surface area contributed by atoms with Crippen molar-refractivity contribution in [2.75, 3.05) is 106 Å². The van der Waals surface area contributed by atoms with E-state index in [2.05, 4.69) is 6.58 Å². The first-order chi connectivity index (χ1) is 14.3. The zero-order valence-corrected chi connectivity index (χ0v) is 17.2. The molecule has 0 atom stereocenters. The van der Waals surface area contributed by atoms with Crippen LogP contribution in [0.1, 0.15) is 0 Å². The van der Waals surface area contributed by atoms with Crippen molar-refractivity contribution in [3.05, 3.63) is 12.7 Å². The number of hydrogen-bond acceptors (Lipinski definition) is 10. The highest BCUT2D eigenvalue weighted by Crippen LogP contribution is 1.86. The van der Waals surface area contributed by atoms with Gasteiger partial charge in [0.1, 0.15) is 6.61 Å². The number of ether oxygens (including phenoxy) is 8. The van der Waals surface area contributed by atoms with Crippen molar-refractivity contribution in [3.63, 3.8) is 0 Å². The lowest BCUT2D eigenvalue weighted by Gasteiger charge is -2.08. The second-order valence-corrected chi connectivity index (χ2v) is 5.38. The SMILES string of the molecule is C=CC(=O)OCCOCCOCCOCCOCCOCCOCCOCCO. The standard InChI is InChI=1S/C19H36O10/c1-2-19(21)29-18-17-28-16-15-27-14-13-26-12-11-25-10-9-24-8-7-23-6-5-22-4-3-20/h2,20H,1,3-18H2. The Morgan fingerprint density at radius 2 is 0.828 bits per heavy atom. The van der Waals surface area contributed by atoms with Crippen LogP contribution in [0.4, 0.5) is 0 Å². The van der Waals surface area contributed by atoms with Crippen molar-refractivity contribution >= 4 is 5.97 Å². The highest BCUT2D eigenvalue weighted by molar-refractivity contribution is 5.81. The monoisotopic (exact) mass is 424 g/mol. The van der Waals surface area contributed by atoms with Crippen LogP contribution in [0.3, 0.4) is 0 Å². The molecule has 0 heterocycles. The molecular formula is C19H36O10. The quantitative estimate of drug-likeness (QED) is 0.127. The molecule has 0 aromatic carbocycles. The Hall–Kier alpha value is -1.11. The van der Waals surface area contributed by atoms with Gasteiger partial charge in [0.2, 0.25) is 0 Å². The third kappa shape index (κ3) is 24.9. The largest absolute Gasteiger partial charge is 0.460 e. The van der Waals surface area contributed by atoms with Crippen molar-refractivity contribution in [2.24, 2.45) is 0 Å². The van der Waals surface area contributed by atoms with E-state index in [0.29, 0.717) is 92.5 Å². The predicted molar refractivity (Wildman–Crippen MR) is 104 cm³/mol. The Morgan fingerprint density at radius 1 is 0.552 bits per heavy atom. The van der Waals surface area contributed by atoms with Crippen LogP contribution in [0.15, 0.2) is 12.7 Å². The number of aliphatic hydroxyl groups excluding tert-OH is 1. The Balaban J connectivity index is 3.01. The smallest absolute Gasteiger partial charge is 0.330 e. The first kappa shape index (κ1) is 27.9. The fourth-order valence-electron chi connectivity index (χ4n) is 1.75. The summed E-state index contributed by atoms with van der Waals surface area (Å²) in [6, 6.07) is 0. The van der Waals surface area contributed by atoms with E-state index in [1.165, 1.54) is 0 Å². The topological polar surface area (TPSA) is 111 Å². The molecule has 10 heteroatoms. The molecular weight excluding hydrogens is 388 g/mol. The van der Waals surface area contributed by atoms with Crippen LogP contribution in [-0.4, -0.2) is 117 Å². The zero-order chi connectivity index (χ0) is 21.3. The van der Waals surface area contributed by atoms with Crippen LogP contribution in [0.5, 0.6) is 0 Å². The van der Waals surface area contributed by atoms with E-state index in [1.54, 1.807) is 0 Å². The van der Waals surface area contributed by atoms with Gasteiger partial charge < -0.3 is 43.0 Å². The summed E-state index contributed by atoms with van der Waals surface area (Å²) in [6.07, 6.45) is 1.11. The lowest BCUT2D eigenvalue weighted by Crippen LogP contribution is -2.15. The van der Waals surface area contributed by atoms with E-state index in [0.717, 1.165) is 6.08 Å². The van der Waals surface area contributed by atoms with E-state index in [9.17, 15) is 4.79 Å². The number of hydrogen-bond donors (Lipinski definition) is 1. The van der Waals surface area contributed by atoms with Crippen LogP contribution in [0, 0.1) is 0 Å². The second-order valence-electron chi connectivity index (χ2n) is 5.38. The van der Waals surface area contributed by atoms with Crippen molar-refractivity contribution in [2.45, 2.75) is 0 Å². The van der Waals surface area contributed by atoms with Crippen molar-refractivity contribution in [3.8, 4) is 0 Å². The molecule has 172 valence electrons. The summed E-state index contributed by atoms with van der Waals surface area (Å²) in [6.45, 7) is 9.96. The van der Waals surface area contributed by atoms with Crippen LogP contribution < -0.4 is 0 Å². The van der Waals surface area contributed by atoms with Crippen molar-refractivity contribution < 1.29 is 47.8 Å². The Morgan fingerprint density at radius 3 is 1.10 bits per heavy atom. The lowest BCUT2D eigenvalue weighted by atomic mass is 10.6. The highest BCUT2D eigenvalue weighted by Gasteiger charge is 1.96. The summed E-state index contributed by atoms with van der Waals surface area (Å²) in [5.41, 5.74) is 0. The van der Waals surface area contributed by atoms with Gasteiger partial charge in [-0.05, 0) is 0 Å². The van der Waals surface area contributed by atoms with Gasteiger partial charge in [0.25, 0.3) is 0 Å². The maximum Gasteiger partial charge on any atom is 0.330 e. The van der Waals surface area contributed by atoms with Gasteiger partial charge in [-0.25, -0.2) is 4.79 Å². The van der Waals surface area contributed by atoms with Crippen LogP contribution in [0.2, 0.25) is 0 Å². The molecule has 0 radical (unpaired) electrons. The van der Waals surface area contributed by atoms with Crippen LogP contribution in [0.25, 0.3) is 0 Å². The van der Waals surface area contributed by atoms with Gasteiger partial charge in [-0.15, -0.1) is 0 Å². The van der Waals surface area contributed by atoms with E-state index in [-0.39, 0.29) is 13.2 Å². The number of carbonyl (C=O) groups is 1. The lowest BCUT2D eigenvalue weighted by molar-refractivity contribution is -0.139. The molecule has 0 aliphatic heterocycles. The predicted octanol–water partition coefficient (Wildman–Crippen LogP) is -0.176. The normalized spacial score (nSPS) is 10.9. The molecule has 10 nitrogen and oxygen atoms in total. The summed E-state index contributed by atoms with van der Waals surface area (Å²) < 4.78 is 41.8. The first-order valence-corrected chi connectivity index (χ1v) is 9.75. The van der Waals surface area contributed by atoms with Gasteiger partial charge >= 0.3 is 5.97 Å². The molecule has 0 aromatic rings. The summed E-state index contributed by atoms with van der Waals surface area (Å²) in [5.74, 6) is -0.457. The molecule has 0 aliphatic rings. The number of carbonyl (C=O) groups excluding carboxylic acids is 1. The van der Waals surface area contributed by atoms with Crippen LogP contribution in [-0.2, 0) is 42.7 Å². The molecule has 0 saturated heterocycles. The van der Waals surface area contributed by atoms with Gasteiger partial charge in [-0.1, -0.05) is 6.58 Å². The van der Waals surface area contributed by atoms with E-state index >= 15 is 0 Å². The summed E-state index contributed by atoms with van der Waals surface area (Å²) >= 11 is 0. The highest BCUT2D eigenvalue weighted by atomic mass is 16.6. The third-order valence-corrected chi connectivity index (χ3v) is 3.11. The maximum atomic E-state index is 10.8. The van der Waals surface area contributed by atoms with Crippen molar-refractivity contribution in [1.82, 2.24) is 0 Å². The van der Waals surface area contributed by atoms with E-state index < -0.39 is 5.97 Å². The fourth-order valence-corrected chi connectivity index (χ4v) is 1.75. The molecule has 0 bridgehead atoms. The van der Waals surface area contributed by atoms with Gasteiger partial charge in [0, 0.05) is 6.08 Å². The van der Waals surface area contributed by atoms with Gasteiger partial charge in [-0.2, -0.15) is 0 Å². The summed E-state index contributed by atoms with van der Waals surface area (Å²) in [4.78, 5) is 10.8. The molecule has 0 rings (SSSR count). The minimum absolute atomic E-state index is 0.0244. The molecule has 0 aliphatic carbocycles. The Kier molecular flexibility index (Phi) is 24.0. The average Bonchev–Trinajstić information content (AvgIpc) is 2.74. The van der Waals surface area contributed by atoms with Gasteiger partial charge in [0.05, 0.1) is 99.1 Å². The van der Waals surface area contributed by atoms with Crippen LogP contribution >= 0.6 is 0 Å². The second kappa shape index (κ2) is 24.9. The molecule has 0 fully saturated rings. The van der Waals surface area contributed by atoms with E-state index in [4.69, 9.17) is 43.0 Å². The molecule has 0 amide bonds. The first-order valence-electron chi connectivity index (χ1n) is 9.75. The molecule has 0 unspecified atom stereocenters. The Labute approximate surface area is 172 Å². The number of aliphatic hydroxyl groups is 1. The minimum atomic E-state index is -0.457. The summed E-state index contributed by atoms with van der Waals surface area (Å²) in [7, 11) is 0.